The Kier molecular flexibility index (Phi) is 8.60. The molecule has 0 saturated carbocycles. The maximum Gasteiger partial charge on any atom is 0.0541 e. The second kappa shape index (κ2) is 9.68. The van der Waals surface area contributed by atoms with Crippen molar-refractivity contribution in [1.29, 1.82) is 0 Å². The molecule has 0 aromatic heterocycles. The van der Waals surface area contributed by atoms with Gasteiger partial charge < -0.3 is 5.32 Å². The molecule has 1 aromatic rings. The van der Waals surface area contributed by atoms with E-state index in [1.807, 2.05) is 23.9 Å². The van der Waals surface area contributed by atoms with E-state index in [0.717, 1.165) is 17.3 Å². The first-order valence-electron chi connectivity index (χ1n) is 7.29. The predicted octanol–water partition coefficient (Wildman–Crippen LogP) is 5.24. The fraction of sp³-hybridized carbons (Fsp3) is 0.625. The molecule has 0 aliphatic rings. The van der Waals surface area contributed by atoms with E-state index in [1.54, 1.807) is 0 Å². The lowest BCUT2D eigenvalue weighted by atomic mass is 9.98. The van der Waals surface area contributed by atoms with E-state index in [9.17, 15) is 0 Å². The summed E-state index contributed by atoms with van der Waals surface area (Å²) in [6, 6.07) is 8.68. The van der Waals surface area contributed by atoms with Gasteiger partial charge in [-0.2, -0.15) is 0 Å². The molecule has 0 fully saturated rings. The summed E-state index contributed by atoms with van der Waals surface area (Å²) in [6.07, 6.45) is 3.72. The number of hydrogen-bond donors (Lipinski definition) is 1. The van der Waals surface area contributed by atoms with Crippen LogP contribution in [0.5, 0.6) is 0 Å². The van der Waals surface area contributed by atoms with Crippen LogP contribution in [-0.4, -0.2) is 18.3 Å². The van der Waals surface area contributed by atoms with Crippen molar-refractivity contribution in [2.75, 3.05) is 12.3 Å². The summed E-state index contributed by atoms with van der Waals surface area (Å²) in [5.74, 6) is 1.80. The summed E-state index contributed by atoms with van der Waals surface area (Å²) < 4.78 is 0. The Morgan fingerprint density at radius 2 is 1.95 bits per heavy atom. The van der Waals surface area contributed by atoms with Gasteiger partial charge in [0.2, 0.25) is 0 Å². The lowest BCUT2D eigenvalue weighted by molar-refractivity contribution is 0.382. The topological polar surface area (TPSA) is 12.0 Å². The monoisotopic (exact) mass is 299 g/mol. The Hall–Kier alpha value is -0.180. The highest BCUT2D eigenvalue weighted by Gasteiger charge is 2.16. The molecule has 1 N–H and O–H groups in total. The van der Waals surface area contributed by atoms with Gasteiger partial charge in [0.25, 0.3) is 0 Å². The van der Waals surface area contributed by atoms with E-state index in [0.29, 0.717) is 12.0 Å². The van der Waals surface area contributed by atoms with Crippen LogP contribution in [0.15, 0.2) is 29.2 Å². The maximum atomic E-state index is 6.21. The van der Waals surface area contributed by atoms with Crippen molar-refractivity contribution < 1.29 is 0 Å². The quantitative estimate of drug-likeness (QED) is 0.626. The molecule has 2 unspecified atom stereocenters. The first kappa shape index (κ1) is 16.9. The minimum absolute atomic E-state index is 0.571. The fourth-order valence-electron chi connectivity index (χ4n) is 2.15. The molecule has 0 radical (unpaired) electrons. The van der Waals surface area contributed by atoms with Gasteiger partial charge in [-0.25, -0.2) is 0 Å². The van der Waals surface area contributed by atoms with Gasteiger partial charge in [-0.15, -0.1) is 11.8 Å². The van der Waals surface area contributed by atoms with E-state index in [-0.39, 0.29) is 0 Å². The Balaban J connectivity index is 2.54. The molecule has 3 heteroatoms. The van der Waals surface area contributed by atoms with Gasteiger partial charge in [0.05, 0.1) is 5.02 Å². The normalized spacial score (nSPS) is 14.3. The van der Waals surface area contributed by atoms with E-state index in [4.69, 9.17) is 11.6 Å². The molecule has 1 aromatic carbocycles. The lowest BCUT2D eigenvalue weighted by Gasteiger charge is -2.25. The number of halogens is 1. The smallest absolute Gasteiger partial charge is 0.0541 e. The Bertz CT molecular complexity index is 356. The highest BCUT2D eigenvalue weighted by molar-refractivity contribution is 7.99. The van der Waals surface area contributed by atoms with Crippen LogP contribution in [0.4, 0.5) is 0 Å². The molecule has 0 spiro atoms. The predicted molar refractivity (Wildman–Crippen MR) is 88.3 cm³/mol. The van der Waals surface area contributed by atoms with E-state index in [2.05, 4.69) is 38.2 Å². The number of rotatable bonds is 9. The van der Waals surface area contributed by atoms with E-state index < -0.39 is 0 Å². The van der Waals surface area contributed by atoms with Crippen molar-refractivity contribution in [3.63, 3.8) is 0 Å². The van der Waals surface area contributed by atoms with Crippen molar-refractivity contribution in [1.82, 2.24) is 5.32 Å². The van der Waals surface area contributed by atoms with Crippen LogP contribution in [-0.2, 0) is 0 Å². The third-order valence-corrected chi connectivity index (χ3v) is 4.98. The molecule has 0 aliphatic heterocycles. The van der Waals surface area contributed by atoms with Gasteiger partial charge in [-0.1, -0.05) is 50.9 Å². The zero-order valence-corrected chi connectivity index (χ0v) is 13.9. The molecule has 19 heavy (non-hydrogen) atoms. The first-order chi connectivity index (χ1) is 9.19. The van der Waals surface area contributed by atoms with Gasteiger partial charge in [0, 0.05) is 16.7 Å². The Morgan fingerprint density at radius 1 is 1.21 bits per heavy atom. The molecule has 1 rings (SSSR count). The van der Waals surface area contributed by atoms with Crippen LogP contribution in [0, 0.1) is 5.92 Å². The maximum absolute atomic E-state index is 6.21. The number of thioether (sulfide) groups is 1. The van der Waals surface area contributed by atoms with Crippen molar-refractivity contribution >= 4 is 23.4 Å². The summed E-state index contributed by atoms with van der Waals surface area (Å²) in [4.78, 5) is 1.19. The molecule has 0 bridgehead atoms. The minimum Gasteiger partial charge on any atom is -0.313 e. The molecule has 1 nitrogen and oxygen atoms in total. The van der Waals surface area contributed by atoms with Crippen LogP contribution in [0.3, 0.4) is 0 Å². The summed E-state index contributed by atoms with van der Waals surface area (Å²) in [5, 5.41) is 4.55. The summed E-state index contributed by atoms with van der Waals surface area (Å²) >= 11 is 8.08. The zero-order chi connectivity index (χ0) is 14.1. The third-order valence-electron chi connectivity index (χ3n) is 3.34. The summed E-state index contributed by atoms with van der Waals surface area (Å²) in [7, 11) is 0. The highest BCUT2D eigenvalue weighted by atomic mass is 35.5. The molecule has 0 saturated heterocycles. The third kappa shape index (κ3) is 6.20. The van der Waals surface area contributed by atoms with Crippen LogP contribution in [0.2, 0.25) is 5.02 Å². The van der Waals surface area contributed by atoms with Gasteiger partial charge in [-0.05, 0) is 37.4 Å². The average molecular weight is 300 g/mol. The fourth-order valence-corrected chi connectivity index (χ4v) is 3.64. The van der Waals surface area contributed by atoms with Gasteiger partial charge in [0.1, 0.15) is 0 Å². The number of hydrogen-bond acceptors (Lipinski definition) is 2. The van der Waals surface area contributed by atoms with E-state index >= 15 is 0 Å². The van der Waals surface area contributed by atoms with Crippen molar-refractivity contribution in [2.45, 2.75) is 51.0 Å². The summed E-state index contributed by atoms with van der Waals surface area (Å²) in [5.41, 5.74) is 0. The van der Waals surface area contributed by atoms with Gasteiger partial charge in [-0.3, -0.25) is 0 Å². The molecule has 108 valence electrons. The van der Waals surface area contributed by atoms with Crippen molar-refractivity contribution in [3.8, 4) is 0 Å². The van der Waals surface area contributed by atoms with Crippen LogP contribution < -0.4 is 5.32 Å². The molecule has 0 amide bonds. The minimum atomic E-state index is 0.571. The molecular weight excluding hydrogens is 274 g/mol. The van der Waals surface area contributed by atoms with Crippen molar-refractivity contribution in [3.05, 3.63) is 29.3 Å². The van der Waals surface area contributed by atoms with Crippen molar-refractivity contribution in [2.24, 2.45) is 5.92 Å². The van der Waals surface area contributed by atoms with Gasteiger partial charge >= 0.3 is 0 Å². The molecule has 0 heterocycles. The highest BCUT2D eigenvalue weighted by Crippen LogP contribution is 2.28. The van der Waals surface area contributed by atoms with Crippen LogP contribution in [0.25, 0.3) is 0 Å². The Labute approximate surface area is 127 Å². The van der Waals surface area contributed by atoms with Crippen LogP contribution in [0.1, 0.15) is 40.0 Å². The molecule has 2 atom stereocenters. The van der Waals surface area contributed by atoms with E-state index in [1.165, 1.54) is 24.2 Å². The standard InChI is InChI=1S/C16H26ClNS/c1-4-8-13(3)15(18-11-5-2)12-19-16-10-7-6-9-14(16)17/h6-7,9-10,13,15,18H,4-5,8,11-12H2,1-3H3. The SMILES string of the molecule is CCCNC(CSc1ccccc1Cl)C(C)CCC. The lowest BCUT2D eigenvalue weighted by Crippen LogP contribution is -2.37. The average Bonchev–Trinajstić information content (AvgIpc) is 2.41. The molecule has 0 aliphatic carbocycles. The largest absolute Gasteiger partial charge is 0.313 e. The van der Waals surface area contributed by atoms with Crippen LogP contribution >= 0.6 is 23.4 Å². The second-order valence-electron chi connectivity index (χ2n) is 5.07. The number of benzene rings is 1. The Morgan fingerprint density at radius 3 is 2.58 bits per heavy atom. The molecular formula is C16H26ClNS. The second-order valence-corrected chi connectivity index (χ2v) is 6.54. The first-order valence-corrected chi connectivity index (χ1v) is 8.66. The zero-order valence-electron chi connectivity index (χ0n) is 12.3. The summed E-state index contributed by atoms with van der Waals surface area (Å²) in [6.45, 7) is 7.93. The van der Waals surface area contributed by atoms with Gasteiger partial charge in [0.15, 0.2) is 0 Å². The number of nitrogens with one attached hydrogen (secondary N) is 1.